The van der Waals surface area contributed by atoms with Gasteiger partial charge < -0.3 is 25.6 Å². The van der Waals surface area contributed by atoms with Gasteiger partial charge in [0.05, 0.1) is 0 Å². The lowest BCUT2D eigenvalue weighted by Crippen LogP contribution is -2.72. The first-order chi connectivity index (χ1) is 16.5. The second kappa shape index (κ2) is 9.54. The Labute approximate surface area is 207 Å². The van der Waals surface area contributed by atoms with E-state index in [-0.39, 0.29) is 35.9 Å². The highest BCUT2D eigenvalue weighted by molar-refractivity contribution is 8.00. The van der Waals surface area contributed by atoms with Crippen LogP contribution in [0.15, 0.2) is 22.5 Å². The van der Waals surface area contributed by atoms with Crippen LogP contribution >= 0.6 is 23.5 Å². The van der Waals surface area contributed by atoms with Crippen LogP contribution in [0.25, 0.3) is 0 Å². The normalized spacial score (nSPS) is 27.4. The van der Waals surface area contributed by atoms with Crippen LogP contribution in [0.2, 0.25) is 0 Å². The predicted octanol–water partition coefficient (Wildman–Crippen LogP) is -1.65. The monoisotopic (exact) mass is 526 g/mol. The summed E-state index contributed by atoms with van der Waals surface area (Å²) in [6.07, 6.45) is 0. The van der Waals surface area contributed by atoms with Crippen LogP contribution in [0.3, 0.4) is 0 Å². The third-order valence-electron chi connectivity index (χ3n) is 5.74. The molecule has 0 spiro atoms. The van der Waals surface area contributed by atoms with Crippen LogP contribution in [0, 0.1) is 0 Å². The number of thioether (sulfide) groups is 2. The van der Waals surface area contributed by atoms with Gasteiger partial charge in [-0.3, -0.25) is 33.8 Å². The lowest BCUT2D eigenvalue weighted by atomic mass is 10.0. The molecule has 2 saturated heterocycles. The quantitative estimate of drug-likeness (QED) is 0.254. The number of esters is 2. The zero-order valence-corrected chi connectivity index (χ0v) is 20.3. The van der Waals surface area contributed by atoms with E-state index in [4.69, 9.17) is 15.2 Å². The van der Waals surface area contributed by atoms with Crippen LogP contribution in [0.4, 0.5) is 0 Å². The summed E-state index contributed by atoms with van der Waals surface area (Å²) in [4.78, 5) is 75.1. The highest BCUT2D eigenvalue weighted by Crippen LogP contribution is 2.42. The lowest BCUT2D eigenvalue weighted by Gasteiger charge is -2.51. The van der Waals surface area contributed by atoms with Crippen LogP contribution in [-0.4, -0.2) is 98.1 Å². The number of carboxylic acids is 1. The second-order valence-corrected chi connectivity index (χ2v) is 10.3. The minimum absolute atomic E-state index is 0.0155. The molecule has 0 bridgehead atoms. The molecule has 188 valence electrons. The Morgan fingerprint density at radius 2 is 1.46 bits per heavy atom. The summed E-state index contributed by atoms with van der Waals surface area (Å²) in [5.41, 5.74) is 6.22. The van der Waals surface area contributed by atoms with E-state index >= 15 is 0 Å². The molecule has 4 heterocycles. The standard InChI is InChI=1S/C20H22N4O9S2/c1-7(25)32-3-9-5-34-18-11(21)16(28)23(18)13(9)15(27)22-12-17(29)24-14(20(30)31)10(4-33-8(2)26)6-35-19(12)24/h11-12,18-19H,3-6,21H2,1-2H3,(H,22,27)(H,30,31)/t11-,12-,18-,19-/m1/s1. The van der Waals surface area contributed by atoms with E-state index in [1.54, 1.807) is 0 Å². The fourth-order valence-corrected chi connectivity index (χ4v) is 6.69. The van der Waals surface area contributed by atoms with Crippen LogP contribution in [0.1, 0.15) is 13.8 Å². The molecule has 0 unspecified atom stereocenters. The predicted molar refractivity (Wildman–Crippen MR) is 121 cm³/mol. The van der Waals surface area contributed by atoms with Crippen molar-refractivity contribution in [2.45, 2.75) is 36.7 Å². The molecule has 35 heavy (non-hydrogen) atoms. The molecule has 4 N–H and O–H groups in total. The van der Waals surface area contributed by atoms with Gasteiger partial charge in [-0.2, -0.15) is 0 Å². The maximum atomic E-state index is 13.3. The van der Waals surface area contributed by atoms with Crippen LogP contribution in [0.5, 0.6) is 0 Å². The maximum absolute atomic E-state index is 13.3. The van der Waals surface area contributed by atoms with E-state index in [0.717, 1.165) is 4.90 Å². The van der Waals surface area contributed by atoms with Crippen molar-refractivity contribution >= 4 is 59.2 Å². The van der Waals surface area contributed by atoms with Gasteiger partial charge >= 0.3 is 17.9 Å². The van der Waals surface area contributed by atoms with E-state index in [9.17, 15) is 33.9 Å². The molecule has 13 nitrogen and oxygen atoms in total. The summed E-state index contributed by atoms with van der Waals surface area (Å²) in [7, 11) is 0. The molecular formula is C20H22N4O9S2. The molecule has 0 aromatic carbocycles. The van der Waals surface area contributed by atoms with Crippen molar-refractivity contribution in [3.8, 4) is 0 Å². The van der Waals surface area contributed by atoms with Crippen molar-refractivity contribution in [1.29, 1.82) is 0 Å². The van der Waals surface area contributed by atoms with Gasteiger partial charge in [-0.25, -0.2) is 4.79 Å². The second-order valence-electron chi connectivity index (χ2n) is 8.07. The topological polar surface area (TPSA) is 186 Å². The molecule has 4 aliphatic rings. The number of ether oxygens (including phenoxy) is 2. The van der Waals surface area contributed by atoms with Gasteiger partial charge in [0.1, 0.15) is 47.4 Å². The molecule has 0 aromatic rings. The Morgan fingerprint density at radius 3 is 2.00 bits per heavy atom. The van der Waals surface area contributed by atoms with Gasteiger partial charge in [0, 0.05) is 36.5 Å². The van der Waals surface area contributed by atoms with Gasteiger partial charge in [-0.1, -0.05) is 0 Å². The first-order valence-corrected chi connectivity index (χ1v) is 12.5. The van der Waals surface area contributed by atoms with E-state index in [1.165, 1.54) is 42.3 Å². The van der Waals surface area contributed by atoms with Gasteiger partial charge in [0.15, 0.2) is 0 Å². The van der Waals surface area contributed by atoms with Gasteiger partial charge in [-0.15, -0.1) is 23.5 Å². The number of hydrogen-bond donors (Lipinski definition) is 3. The third kappa shape index (κ3) is 4.38. The first-order valence-electron chi connectivity index (χ1n) is 10.4. The molecule has 4 rings (SSSR count). The number of aliphatic carboxylic acids is 1. The molecule has 15 heteroatoms. The lowest BCUT2D eigenvalue weighted by molar-refractivity contribution is -0.151. The summed E-state index contributed by atoms with van der Waals surface area (Å²) in [6, 6.07) is -1.82. The minimum atomic E-state index is -1.35. The molecule has 4 aliphatic heterocycles. The van der Waals surface area contributed by atoms with E-state index in [0.29, 0.717) is 11.3 Å². The SMILES string of the molecule is CC(=O)OCC1=C(C(=O)N[C@@H]2C(=O)N3C(C(=O)O)=C(COC(C)=O)CS[C@H]23)N2C(=O)[C@@H](N)[C@H]2SC1. The highest BCUT2D eigenvalue weighted by Gasteiger charge is 2.56. The van der Waals surface area contributed by atoms with Crippen molar-refractivity contribution in [1.82, 2.24) is 15.1 Å². The van der Waals surface area contributed by atoms with Crippen LogP contribution < -0.4 is 11.1 Å². The molecule has 0 saturated carbocycles. The molecular weight excluding hydrogens is 504 g/mol. The molecule has 0 aliphatic carbocycles. The number of nitrogens with zero attached hydrogens (tertiary/aromatic N) is 2. The zero-order chi connectivity index (χ0) is 25.6. The number of β-lactam (4-membered cyclic amide) rings is 2. The van der Waals surface area contributed by atoms with Gasteiger partial charge in [-0.05, 0) is 0 Å². The first kappa shape index (κ1) is 25.1. The smallest absolute Gasteiger partial charge is 0.352 e. The fourth-order valence-electron chi connectivity index (χ4n) is 4.09. The highest BCUT2D eigenvalue weighted by atomic mass is 32.2. The Balaban J connectivity index is 1.54. The molecule has 4 atom stereocenters. The van der Waals surface area contributed by atoms with Crippen molar-refractivity contribution in [3.05, 3.63) is 22.5 Å². The summed E-state index contributed by atoms with van der Waals surface area (Å²) in [5, 5.41) is 11.1. The number of fused-ring (bicyclic) bond motifs is 2. The number of rotatable bonds is 7. The number of amides is 3. The average Bonchev–Trinajstić information content (AvgIpc) is 2.82. The largest absolute Gasteiger partial charge is 0.477 e. The molecule has 2 fully saturated rings. The Bertz CT molecular complexity index is 1100. The Morgan fingerprint density at radius 1 is 0.943 bits per heavy atom. The Hall–Kier alpha value is -3.04. The zero-order valence-electron chi connectivity index (χ0n) is 18.6. The van der Waals surface area contributed by atoms with Crippen molar-refractivity contribution in [2.24, 2.45) is 5.73 Å². The molecule has 0 aromatic heterocycles. The summed E-state index contributed by atoms with van der Waals surface area (Å²) in [5.74, 6) is -3.86. The van der Waals surface area contributed by atoms with E-state index in [1.807, 2.05) is 0 Å². The maximum Gasteiger partial charge on any atom is 0.352 e. The van der Waals surface area contributed by atoms with Crippen LogP contribution in [-0.2, 0) is 38.2 Å². The molecule has 3 amide bonds. The minimum Gasteiger partial charge on any atom is -0.477 e. The third-order valence-corrected chi connectivity index (χ3v) is 8.44. The summed E-state index contributed by atoms with van der Waals surface area (Å²) >= 11 is 2.55. The number of nitrogens with one attached hydrogen (secondary N) is 1. The average molecular weight is 527 g/mol. The van der Waals surface area contributed by atoms with E-state index in [2.05, 4.69) is 5.32 Å². The number of carbonyl (C=O) groups is 6. The van der Waals surface area contributed by atoms with Gasteiger partial charge in [0.25, 0.3) is 11.8 Å². The van der Waals surface area contributed by atoms with E-state index < -0.39 is 58.5 Å². The molecule has 0 radical (unpaired) electrons. The fraction of sp³-hybridized carbons (Fsp3) is 0.500. The summed E-state index contributed by atoms with van der Waals surface area (Å²) < 4.78 is 9.93. The number of carboxylic acid groups (broad SMARTS) is 1. The van der Waals surface area contributed by atoms with Crippen molar-refractivity contribution in [3.63, 3.8) is 0 Å². The van der Waals surface area contributed by atoms with Gasteiger partial charge in [0.2, 0.25) is 5.91 Å². The van der Waals surface area contributed by atoms with Crippen molar-refractivity contribution in [2.75, 3.05) is 24.7 Å². The number of hydrogen-bond acceptors (Lipinski definition) is 11. The summed E-state index contributed by atoms with van der Waals surface area (Å²) in [6.45, 7) is 1.94. The Kier molecular flexibility index (Phi) is 6.83. The number of carbonyl (C=O) groups excluding carboxylic acids is 5. The number of nitrogens with two attached hydrogens (primary N) is 1. The van der Waals surface area contributed by atoms with Crippen molar-refractivity contribution < 1.29 is 43.3 Å².